The van der Waals surface area contributed by atoms with Gasteiger partial charge in [-0.1, -0.05) is 0 Å². The van der Waals surface area contributed by atoms with E-state index >= 15 is 0 Å². The SMILES string of the molecule is Cc1cc2c(Nc3cc(Br)c(F)cc3C)nc(Cl)nc2s1. The van der Waals surface area contributed by atoms with Gasteiger partial charge >= 0.3 is 0 Å². The monoisotopic (exact) mass is 385 g/mol. The molecule has 1 N–H and O–H groups in total. The third-order valence-corrected chi connectivity index (χ3v) is 4.73. The first-order valence-corrected chi connectivity index (χ1v) is 8.09. The maximum absolute atomic E-state index is 13.5. The minimum atomic E-state index is -0.296. The van der Waals surface area contributed by atoms with Crippen molar-refractivity contribution < 1.29 is 4.39 Å². The Morgan fingerprint density at radius 3 is 2.76 bits per heavy atom. The lowest BCUT2D eigenvalue weighted by molar-refractivity contribution is 0.620. The van der Waals surface area contributed by atoms with Gasteiger partial charge in [0.2, 0.25) is 5.28 Å². The van der Waals surface area contributed by atoms with Crippen molar-refractivity contribution in [2.75, 3.05) is 5.32 Å². The Hall–Kier alpha value is -1.24. The Morgan fingerprint density at radius 2 is 2.00 bits per heavy atom. The number of benzene rings is 1. The second-order valence-electron chi connectivity index (χ2n) is 4.62. The second-order valence-corrected chi connectivity index (χ2v) is 7.05. The van der Waals surface area contributed by atoms with Crippen molar-refractivity contribution in [2.24, 2.45) is 0 Å². The van der Waals surface area contributed by atoms with Crippen molar-refractivity contribution in [3.8, 4) is 0 Å². The molecule has 0 amide bonds. The summed E-state index contributed by atoms with van der Waals surface area (Å²) in [5, 5.41) is 4.30. The van der Waals surface area contributed by atoms with E-state index in [1.807, 2.05) is 19.9 Å². The lowest BCUT2D eigenvalue weighted by Gasteiger charge is -2.11. The van der Waals surface area contributed by atoms with E-state index in [4.69, 9.17) is 11.6 Å². The number of nitrogens with zero attached hydrogens (tertiary/aromatic N) is 2. The van der Waals surface area contributed by atoms with Crippen LogP contribution in [0.25, 0.3) is 10.2 Å². The van der Waals surface area contributed by atoms with Crippen molar-refractivity contribution in [1.29, 1.82) is 0 Å². The third-order valence-electron chi connectivity index (χ3n) is 3.01. The summed E-state index contributed by atoms with van der Waals surface area (Å²) in [6.07, 6.45) is 0. The first-order chi connectivity index (χ1) is 9.94. The maximum Gasteiger partial charge on any atom is 0.225 e. The summed E-state index contributed by atoms with van der Waals surface area (Å²) in [5.41, 5.74) is 1.55. The number of fused-ring (bicyclic) bond motifs is 1. The van der Waals surface area contributed by atoms with E-state index in [2.05, 4.69) is 31.2 Å². The van der Waals surface area contributed by atoms with Crippen molar-refractivity contribution in [2.45, 2.75) is 13.8 Å². The molecule has 1 aromatic carbocycles. The molecule has 0 atom stereocenters. The highest BCUT2D eigenvalue weighted by Gasteiger charge is 2.12. The number of rotatable bonds is 2. The van der Waals surface area contributed by atoms with Gasteiger partial charge in [0.05, 0.1) is 9.86 Å². The Labute approximate surface area is 138 Å². The van der Waals surface area contributed by atoms with E-state index in [1.54, 1.807) is 17.4 Å². The molecule has 21 heavy (non-hydrogen) atoms. The van der Waals surface area contributed by atoms with Gasteiger partial charge in [-0.05, 0) is 65.1 Å². The summed E-state index contributed by atoms with van der Waals surface area (Å²) >= 11 is 10.7. The first kappa shape index (κ1) is 14.7. The van der Waals surface area contributed by atoms with Crippen LogP contribution >= 0.6 is 38.9 Å². The molecule has 3 nitrogen and oxygen atoms in total. The summed E-state index contributed by atoms with van der Waals surface area (Å²) in [6, 6.07) is 5.16. The van der Waals surface area contributed by atoms with E-state index in [0.717, 1.165) is 26.3 Å². The molecule has 0 bridgehead atoms. The van der Waals surface area contributed by atoms with Crippen LogP contribution in [-0.4, -0.2) is 9.97 Å². The molecule has 0 saturated heterocycles. The number of hydrogen-bond donors (Lipinski definition) is 1. The molecule has 0 spiro atoms. The summed E-state index contributed by atoms with van der Waals surface area (Å²) < 4.78 is 13.9. The van der Waals surface area contributed by atoms with Crippen LogP contribution in [0.15, 0.2) is 22.7 Å². The highest BCUT2D eigenvalue weighted by atomic mass is 79.9. The van der Waals surface area contributed by atoms with Gasteiger partial charge in [0, 0.05) is 10.6 Å². The molecule has 3 rings (SSSR count). The molecule has 3 aromatic rings. The van der Waals surface area contributed by atoms with Crippen LogP contribution in [0.1, 0.15) is 10.4 Å². The zero-order valence-corrected chi connectivity index (χ0v) is 14.3. The molecule has 0 saturated carbocycles. The van der Waals surface area contributed by atoms with Crippen LogP contribution in [0.2, 0.25) is 5.28 Å². The summed E-state index contributed by atoms with van der Waals surface area (Å²) in [6.45, 7) is 3.83. The predicted molar refractivity (Wildman–Crippen MR) is 89.3 cm³/mol. The van der Waals surface area contributed by atoms with Gasteiger partial charge < -0.3 is 5.32 Å². The average Bonchev–Trinajstić information content (AvgIpc) is 2.76. The molecule has 108 valence electrons. The molecule has 0 fully saturated rings. The molecule has 0 aliphatic carbocycles. The zero-order chi connectivity index (χ0) is 15.1. The van der Waals surface area contributed by atoms with E-state index in [0.29, 0.717) is 10.3 Å². The summed E-state index contributed by atoms with van der Waals surface area (Å²) in [5.74, 6) is 0.325. The first-order valence-electron chi connectivity index (χ1n) is 6.10. The van der Waals surface area contributed by atoms with Gasteiger partial charge in [-0.15, -0.1) is 11.3 Å². The number of aryl methyl sites for hydroxylation is 2. The number of hydrogen-bond acceptors (Lipinski definition) is 4. The zero-order valence-electron chi connectivity index (χ0n) is 11.2. The van der Waals surface area contributed by atoms with Crippen molar-refractivity contribution in [3.63, 3.8) is 0 Å². The van der Waals surface area contributed by atoms with Gasteiger partial charge in [0.15, 0.2) is 0 Å². The van der Waals surface area contributed by atoms with Gasteiger partial charge in [0.1, 0.15) is 16.5 Å². The minimum Gasteiger partial charge on any atom is -0.339 e. The Balaban J connectivity index is 2.11. The van der Waals surface area contributed by atoms with E-state index in [1.165, 1.54) is 6.07 Å². The van der Waals surface area contributed by atoms with Crippen molar-refractivity contribution in [3.05, 3.63) is 44.2 Å². The largest absolute Gasteiger partial charge is 0.339 e. The van der Waals surface area contributed by atoms with Crippen molar-refractivity contribution in [1.82, 2.24) is 9.97 Å². The number of aromatic nitrogens is 2. The second kappa shape index (κ2) is 5.51. The molecule has 0 aliphatic rings. The predicted octanol–water partition coefficient (Wildman–Crippen LogP) is 5.61. The lowest BCUT2D eigenvalue weighted by Crippen LogP contribution is -1.98. The highest BCUT2D eigenvalue weighted by molar-refractivity contribution is 9.10. The Kier molecular flexibility index (Phi) is 3.86. The van der Waals surface area contributed by atoms with Crippen LogP contribution < -0.4 is 5.32 Å². The minimum absolute atomic E-state index is 0.186. The topological polar surface area (TPSA) is 37.8 Å². The molecule has 0 unspecified atom stereocenters. The third kappa shape index (κ3) is 2.88. The Morgan fingerprint density at radius 1 is 1.24 bits per heavy atom. The normalized spacial score (nSPS) is 11.1. The number of thiophene rings is 1. The number of nitrogens with one attached hydrogen (secondary N) is 1. The molecular weight excluding hydrogens is 377 g/mol. The highest BCUT2D eigenvalue weighted by Crippen LogP contribution is 2.33. The van der Waals surface area contributed by atoms with Crippen LogP contribution in [0, 0.1) is 19.7 Å². The summed E-state index contributed by atoms with van der Waals surface area (Å²) in [7, 11) is 0. The van der Waals surface area contributed by atoms with E-state index in [9.17, 15) is 4.39 Å². The van der Waals surface area contributed by atoms with Crippen LogP contribution in [0.3, 0.4) is 0 Å². The van der Waals surface area contributed by atoms with E-state index < -0.39 is 0 Å². The molecule has 2 aromatic heterocycles. The molecule has 0 radical (unpaired) electrons. The Bertz CT molecular complexity index is 850. The smallest absolute Gasteiger partial charge is 0.225 e. The molecule has 2 heterocycles. The van der Waals surface area contributed by atoms with Gasteiger partial charge in [-0.3, -0.25) is 0 Å². The quantitative estimate of drug-likeness (QED) is 0.582. The fraction of sp³-hybridized carbons (Fsp3) is 0.143. The van der Waals surface area contributed by atoms with Crippen molar-refractivity contribution >= 4 is 60.6 Å². The fourth-order valence-corrected chi connectivity index (χ4v) is 3.46. The average molecular weight is 387 g/mol. The summed E-state index contributed by atoms with van der Waals surface area (Å²) in [4.78, 5) is 10.4. The molecular formula is C14H10BrClFN3S. The standard InChI is InChI=1S/C14H10BrClFN3S/c1-6-3-10(17)9(15)5-11(6)18-12-8-4-7(2)21-13(8)20-14(16)19-12/h3-5H,1-2H3,(H,18,19,20). The number of anilines is 2. The van der Waals surface area contributed by atoms with E-state index in [-0.39, 0.29) is 11.1 Å². The van der Waals surface area contributed by atoms with Crippen LogP contribution in [-0.2, 0) is 0 Å². The lowest BCUT2D eigenvalue weighted by atomic mass is 10.2. The van der Waals surface area contributed by atoms with Crippen LogP contribution in [0.4, 0.5) is 15.9 Å². The maximum atomic E-state index is 13.5. The van der Waals surface area contributed by atoms with Gasteiger partial charge in [0.25, 0.3) is 0 Å². The molecule has 7 heteroatoms. The fourth-order valence-electron chi connectivity index (χ4n) is 2.02. The van der Waals surface area contributed by atoms with Gasteiger partial charge in [-0.2, -0.15) is 4.98 Å². The molecule has 0 aliphatic heterocycles. The van der Waals surface area contributed by atoms with Crippen LogP contribution in [0.5, 0.6) is 0 Å². The van der Waals surface area contributed by atoms with Gasteiger partial charge in [-0.25, -0.2) is 9.37 Å². The number of halogens is 3.